The van der Waals surface area contributed by atoms with Crippen LogP contribution in [0, 0.1) is 5.82 Å². The lowest BCUT2D eigenvalue weighted by Gasteiger charge is -2.06. The molecule has 0 bridgehead atoms. The zero-order valence-corrected chi connectivity index (χ0v) is 13.1. The van der Waals surface area contributed by atoms with Gasteiger partial charge in [-0.05, 0) is 24.1 Å². The Morgan fingerprint density at radius 1 is 1.19 bits per heavy atom. The van der Waals surface area contributed by atoms with Gasteiger partial charge in [0.05, 0.1) is 9.72 Å². The van der Waals surface area contributed by atoms with Crippen molar-refractivity contribution in [2.75, 3.05) is 11.9 Å². The molecule has 0 unspecified atom stereocenters. The third-order valence-corrected chi connectivity index (χ3v) is 4.65. The summed E-state index contributed by atoms with van der Waals surface area (Å²) < 4.78 is 14.6. The number of rotatable bonds is 4. The standard InChI is InChI=1S/C14H10Cl2FN3S/c15-10-6-21-14-9(10)3-8(4-11(14)17)1-2-18-13-5-12(16)19-7-20-13/h3-7H,1-2H2,(H,18,19,20). The Kier molecular flexibility index (Phi) is 4.24. The molecule has 0 spiro atoms. The molecule has 3 nitrogen and oxygen atoms in total. The van der Waals surface area contributed by atoms with Crippen molar-refractivity contribution >= 4 is 50.4 Å². The predicted octanol–water partition coefficient (Wildman–Crippen LogP) is 4.79. The van der Waals surface area contributed by atoms with E-state index in [4.69, 9.17) is 23.2 Å². The molecule has 0 fully saturated rings. The number of aromatic nitrogens is 2. The van der Waals surface area contributed by atoms with E-state index in [2.05, 4.69) is 15.3 Å². The van der Waals surface area contributed by atoms with Gasteiger partial charge < -0.3 is 5.32 Å². The fraction of sp³-hybridized carbons (Fsp3) is 0.143. The highest BCUT2D eigenvalue weighted by Crippen LogP contribution is 2.32. The summed E-state index contributed by atoms with van der Waals surface area (Å²) in [6.45, 7) is 0.611. The van der Waals surface area contributed by atoms with E-state index in [1.54, 1.807) is 17.5 Å². The molecule has 1 aromatic carbocycles. The van der Waals surface area contributed by atoms with Crippen molar-refractivity contribution in [2.45, 2.75) is 6.42 Å². The van der Waals surface area contributed by atoms with Crippen LogP contribution in [-0.4, -0.2) is 16.5 Å². The van der Waals surface area contributed by atoms with Gasteiger partial charge in [0, 0.05) is 23.4 Å². The van der Waals surface area contributed by atoms with Crippen molar-refractivity contribution in [3.8, 4) is 0 Å². The van der Waals surface area contributed by atoms with Crippen molar-refractivity contribution in [3.05, 3.63) is 51.5 Å². The highest BCUT2D eigenvalue weighted by Gasteiger charge is 2.09. The van der Waals surface area contributed by atoms with Crippen LogP contribution in [0.1, 0.15) is 5.56 Å². The highest BCUT2D eigenvalue weighted by atomic mass is 35.5. The Morgan fingerprint density at radius 2 is 2.05 bits per heavy atom. The van der Waals surface area contributed by atoms with E-state index in [1.165, 1.54) is 17.7 Å². The number of hydrogen-bond acceptors (Lipinski definition) is 4. The molecule has 0 saturated carbocycles. The summed E-state index contributed by atoms with van der Waals surface area (Å²) in [5.41, 5.74) is 0.882. The lowest BCUT2D eigenvalue weighted by Crippen LogP contribution is -2.06. The van der Waals surface area contributed by atoms with E-state index in [0.29, 0.717) is 33.7 Å². The van der Waals surface area contributed by atoms with Crippen LogP contribution in [0.2, 0.25) is 10.2 Å². The first-order valence-electron chi connectivity index (χ1n) is 6.20. The van der Waals surface area contributed by atoms with E-state index in [0.717, 1.165) is 10.9 Å². The summed E-state index contributed by atoms with van der Waals surface area (Å²) in [5.74, 6) is 0.412. The third-order valence-electron chi connectivity index (χ3n) is 2.99. The molecule has 0 amide bonds. The fourth-order valence-electron chi connectivity index (χ4n) is 2.03. The SMILES string of the molecule is Fc1cc(CCNc2cc(Cl)ncn2)cc2c(Cl)csc12. The van der Waals surface area contributed by atoms with Crippen molar-refractivity contribution in [3.63, 3.8) is 0 Å². The number of nitrogens with one attached hydrogen (secondary N) is 1. The minimum absolute atomic E-state index is 0.232. The Labute approximate surface area is 134 Å². The van der Waals surface area contributed by atoms with Gasteiger partial charge >= 0.3 is 0 Å². The fourth-order valence-corrected chi connectivity index (χ4v) is 3.33. The summed E-state index contributed by atoms with van der Waals surface area (Å²) in [7, 11) is 0. The number of nitrogens with zero attached hydrogens (tertiary/aromatic N) is 2. The number of halogens is 3. The van der Waals surface area contributed by atoms with Gasteiger partial charge in [0.15, 0.2) is 0 Å². The highest BCUT2D eigenvalue weighted by molar-refractivity contribution is 7.17. The van der Waals surface area contributed by atoms with Crippen LogP contribution in [-0.2, 0) is 6.42 Å². The number of fused-ring (bicyclic) bond motifs is 1. The van der Waals surface area contributed by atoms with Gasteiger partial charge in [0.2, 0.25) is 0 Å². The van der Waals surface area contributed by atoms with E-state index >= 15 is 0 Å². The predicted molar refractivity (Wildman–Crippen MR) is 86.0 cm³/mol. The number of thiophene rings is 1. The van der Waals surface area contributed by atoms with Crippen molar-refractivity contribution in [1.29, 1.82) is 0 Å². The summed E-state index contributed by atoms with van der Waals surface area (Å²) in [4.78, 5) is 7.85. The van der Waals surface area contributed by atoms with Crippen LogP contribution in [0.15, 0.2) is 29.9 Å². The molecule has 0 aliphatic rings. The smallest absolute Gasteiger partial charge is 0.141 e. The molecule has 0 atom stereocenters. The maximum atomic E-state index is 14.0. The molecule has 3 rings (SSSR count). The molecule has 0 saturated heterocycles. The van der Waals surface area contributed by atoms with E-state index < -0.39 is 0 Å². The van der Waals surface area contributed by atoms with Gasteiger partial charge in [-0.2, -0.15) is 0 Å². The molecule has 0 aliphatic heterocycles. The largest absolute Gasteiger partial charge is 0.370 e. The van der Waals surface area contributed by atoms with Crippen LogP contribution < -0.4 is 5.32 Å². The normalized spacial score (nSPS) is 11.0. The molecule has 7 heteroatoms. The van der Waals surface area contributed by atoms with Crippen LogP contribution >= 0.6 is 34.5 Å². The third kappa shape index (κ3) is 3.26. The molecule has 0 aliphatic carbocycles. The van der Waals surface area contributed by atoms with Crippen LogP contribution in [0.4, 0.5) is 10.2 Å². The number of hydrogen-bond donors (Lipinski definition) is 1. The minimum atomic E-state index is -0.232. The zero-order chi connectivity index (χ0) is 14.8. The Morgan fingerprint density at radius 3 is 2.86 bits per heavy atom. The second kappa shape index (κ2) is 6.13. The molecule has 108 valence electrons. The van der Waals surface area contributed by atoms with E-state index in [-0.39, 0.29) is 5.82 Å². The van der Waals surface area contributed by atoms with Gasteiger partial charge in [-0.1, -0.05) is 23.2 Å². The molecule has 21 heavy (non-hydrogen) atoms. The second-order valence-corrected chi connectivity index (χ2v) is 6.11. The quantitative estimate of drug-likeness (QED) is 0.693. The molecule has 2 heterocycles. The lowest BCUT2D eigenvalue weighted by atomic mass is 10.1. The second-order valence-electron chi connectivity index (χ2n) is 4.44. The summed E-state index contributed by atoms with van der Waals surface area (Å²) in [6.07, 6.45) is 2.04. The average molecular weight is 342 g/mol. The Bertz CT molecular complexity index is 791. The number of anilines is 1. The van der Waals surface area contributed by atoms with Crippen molar-refractivity contribution < 1.29 is 4.39 Å². The first kappa shape index (κ1) is 14.5. The molecule has 1 N–H and O–H groups in total. The summed E-state index contributed by atoms with van der Waals surface area (Å²) >= 11 is 13.2. The van der Waals surface area contributed by atoms with Gasteiger partial charge in [0.1, 0.15) is 23.1 Å². The minimum Gasteiger partial charge on any atom is -0.370 e. The summed E-state index contributed by atoms with van der Waals surface area (Å²) in [5, 5.41) is 6.61. The van der Waals surface area contributed by atoms with Gasteiger partial charge in [-0.3, -0.25) is 0 Å². The zero-order valence-electron chi connectivity index (χ0n) is 10.7. The maximum Gasteiger partial charge on any atom is 0.141 e. The van der Waals surface area contributed by atoms with Crippen LogP contribution in [0.25, 0.3) is 10.1 Å². The van der Waals surface area contributed by atoms with Crippen LogP contribution in [0.3, 0.4) is 0 Å². The topological polar surface area (TPSA) is 37.8 Å². The lowest BCUT2D eigenvalue weighted by molar-refractivity contribution is 0.639. The van der Waals surface area contributed by atoms with E-state index in [9.17, 15) is 4.39 Å². The first-order chi connectivity index (χ1) is 10.1. The first-order valence-corrected chi connectivity index (χ1v) is 7.83. The van der Waals surface area contributed by atoms with E-state index in [1.807, 2.05) is 6.07 Å². The monoisotopic (exact) mass is 341 g/mol. The molecular weight excluding hydrogens is 332 g/mol. The van der Waals surface area contributed by atoms with Crippen molar-refractivity contribution in [1.82, 2.24) is 9.97 Å². The van der Waals surface area contributed by atoms with Crippen molar-refractivity contribution in [2.24, 2.45) is 0 Å². The van der Waals surface area contributed by atoms with Crippen LogP contribution in [0.5, 0.6) is 0 Å². The van der Waals surface area contributed by atoms with Gasteiger partial charge in [-0.15, -0.1) is 11.3 Å². The average Bonchev–Trinajstić information content (AvgIpc) is 2.81. The van der Waals surface area contributed by atoms with Gasteiger partial charge in [-0.25, -0.2) is 14.4 Å². The Balaban J connectivity index is 1.72. The summed E-state index contributed by atoms with van der Waals surface area (Å²) in [6, 6.07) is 5.11. The molecule has 3 aromatic rings. The van der Waals surface area contributed by atoms with Gasteiger partial charge in [0.25, 0.3) is 0 Å². The number of benzene rings is 1. The Hall–Kier alpha value is -1.43. The molecule has 0 radical (unpaired) electrons. The molecular formula is C14H10Cl2FN3S. The molecule has 2 aromatic heterocycles. The maximum absolute atomic E-state index is 14.0.